The van der Waals surface area contributed by atoms with Gasteiger partial charge in [0.25, 0.3) is 5.91 Å². The Kier molecular flexibility index (Phi) is 9.31. The zero-order valence-electron chi connectivity index (χ0n) is 14.4. The highest BCUT2D eigenvalue weighted by molar-refractivity contribution is 5.97. The summed E-state index contributed by atoms with van der Waals surface area (Å²) in [5, 5.41) is 11.9. The molecule has 0 aliphatic carbocycles. The Bertz CT molecular complexity index is 479. The zero-order valence-corrected chi connectivity index (χ0v) is 14.4. The van der Waals surface area contributed by atoms with Crippen molar-refractivity contribution in [2.45, 2.75) is 20.3 Å². The molecule has 1 aliphatic heterocycles. The van der Waals surface area contributed by atoms with Crippen molar-refractivity contribution in [2.75, 3.05) is 52.5 Å². The minimum absolute atomic E-state index is 0.0657. The molecule has 0 aromatic rings. The normalized spacial score (nSPS) is 15.0. The van der Waals surface area contributed by atoms with E-state index in [0.29, 0.717) is 59.0 Å². The van der Waals surface area contributed by atoms with E-state index in [4.69, 9.17) is 14.7 Å². The van der Waals surface area contributed by atoms with Crippen molar-refractivity contribution >= 4 is 12.0 Å². The van der Waals surface area contributed by atoms with Gasteiger partial charge in [-0.1, -0.05) is 0 Å². The van der Waals surface area contributed by atoms with E-state index in [1.54, 1.807) is 18.0 Å². The number of carbonyl (C=O) groups is 2. The van der Waals surface area contributed by atoms with Crippen molar-refractivity contribution in [2.24, 2.45) is 0 Å². The van der Waals surface area contributed by atoms with Crippen molar-refractivity contribution < 1.29 is 19.1 Å². The summed E-state index contributed by atoms with van der Waals surface area (Å²) in [5.74, 6) is -0.387. The molecule has 1 saturated heterocycles. The standard InChI is InChI=1S/C16H26N4O4/c1-3-23-11-5-6-18-15(21)14(12-17)13-19-7-9-20(10-8-19)16(22)24-4-2/h13H,3-11H2,1-2H3,(H,18,21)/b14-13-. The maximum absolute atomic E-state index is 12.0. The molecule has 0 saturated carbocycles. The number of nitrogens with one attached hydrogen (secondary N) is 1. The van der Waals surface area contributed by atoms with Crippen molar-refractivity contribution in [3.63, 3.8) is 0 Å². The summed E-state index contributed by atoms with van der Waals surface area (Å²) in [5.41, 5.74) is 0.0657. The molecule has 134 valence electrons. The number of ether oxygens (including phenoxy) is 2. The Balaban J connectivity index is 2.41. The molecular formula is C16H26N4O4. The molecule has 1 heterocycles. The first-order valence-corrected chi connectivity index (χ1v) is 8.26. The van der Waals surface area contributed by atoms with Gasteiger partial charge in [0.05, 0.1) is 6.61 Å². The largest absolute Gasteiger partial charge is 0.450 e. The fraction of sp³-hybridized carbons (Fsp3) is 0.688. The SMILES string of the molecule is CCOCCCNC(=O)/C(C#N)=C\N1CCN(C(=O)OCC)CC1. The average Bonchev–Trinajstić information content (AvgIpc) is 2.60. The van der Waals surface area contributed by atoms with Gasteiger partial charge >= 0.3 is 6.09 Å². The van der Waals surface area contributed by atoms with Gasteiger partial charge < -0.3 is 24.6 Å². The number of nitriles is 1. The lowest BCUT2D eigenvalue weighted by molar-refractivity contribution is -0.117. The second kappa shape index (κ2) is 11.3. The minimum Gasteiger partial charge on any atom is -0.450 e. The average molecular weight is 338 g/mol. The molecule has 1 rings (SSSR count). The molecule has 0 radical (unpaired) electrons. The molecule has 1 fully saturated rings. The fourth-order valence-electron chi connectivity index (χ4n) is 2.18. The lowest BCUT2D eigenvalue weighted by Gasteiger charge is -2.33. The summed E-state index contributed by atoms with van der Waals surface area (Å²) in [6, 6.07) is 1.93. The first-order valence-electron chi connectivity index (χ1n) is 8.26. The Morgan fingerprint density at radius 3 is 2.50 bits per heavy atom. The maximum Gasteiger partial charge on any atom is 0.409 e. The summed E-state index contributed by atoms with van der Waals surface area (Å²) in [6.45, 7) is 7.85. The second-order valence-electron chi connectivity index (χ2n) is 5.18. The van der Waals surface area contributed by atoms with Gasteiger partial charge in [0.15, 0.2) is 0 Å². The molecule has 0 atom stereocenters. The number of rotatable bonds is 8. The molecule has 0 aromatic heterocycles. The van der Waals surface area contributed by atoms with Crippen LogP contribution in [0.3, 0.4) is 0 Å². The van der Waals surface area contributed by atoms with Crippen LogP contribution in [0.4, 0.5) is 4.79 Å². The lowest BCUT2D eigenvalue weighted by atomic mass is 10.2. The van der Waals surface area contributed by atoms with Crippen LogP contribution in [0.25, 0.3) is 0 Å². The van der Waals surface area contributed by atoms with Crippen LogP contribution >= 0.6 is 0 Å². The number of amides is 2. The van der Waals surface area contributed by atoms with E-state index in [9.17, 15) is 9.59 Å². The zero-order chi connectivity index (χ0) is 17.8. The van der Waals surface area contributed by atoms with E-state index < -0.39 is 0 Å². The van der Waals surface area contributed by atoms with Crippen LogP contribution < -0.4 is 5.32 Å². The van der Waals surface area contributed by atoms with Crippen LogP contribution in [0, 0.1) is 11.3 Å². The van der Waals surface area contributed by atoms with Crippen molar-refractivity contribution in [3.05, 3.63) is 11.8 Å². The van der Waals surface area contributed by atoms with Crippen molar-refractivity contribution in [1.82, 2.24) is 15.1 Å². The Morgan fingerprint density at radius 1 is 1.21 bits per heavy atom. The highest BCUT2D eigenvalue weighted by Crippen LogP contribution is 2.06. The summed E-state index contributed by atoms with van der Waals surface area (Å²) >= 11 is 0. The molecule has 1 N–H and O–H groups in total. The molecular weight excluding hydrogens is 312 g/mol. The summed E-state index contributed by atoms with van der Waals surface area (Å²) in [6.07, 6.45) is 1.94. The fourth-order valence-corrected chi connectivity index (χ4v) is 2.18. The van der Waals surface area contributed by atoms with E-state index in [-0.39, 0.29) is 17.6 Å². The van der Waals surface area contributed by atoms with Crippen LogP contribution in [0.15, 0.2) is 11.8 Å². The van der Waals surface area contributed by atoms with Crippen molar-refractivity contribution in [3.8, 4) is 6.07 Å². The molecule has 0 aromatic carbocycles. The number of hydrogen-bond donors (Lipinski definition) is 1. The summed E-state index contributed by atoms with van der Waals surface area (Å²) in [4.78, 5) is 27.1. The van der Waals surface area contributed by atoms with E-state index in [1.165, 1.54) is 0 Å². The monoisotopic (exact) mass is 338 g/mol. The number of carbonyl (C=O) groups excluding carboxylic acids is 2. The lowest BCUT2D eigenvalue weighted by Crippen LogP contribution is -2.47. The molecule has 0 spiro atoms. The van der Waals surface area contributed by atoms with E-state index >= 15 is 0 Å². The second-order valence-corrected chi connectivity index (χ2v) is 5.18. The molecule has 0 bridgehead atoms. The molecule has 8 heteroatoms. The smallest absolute Gasteiger partial charge is 0.409 e. The molecule has 0 unspecified atom stereocenters. The summed E-state index contributed by atoms with van der Waals surface area (Å²) in [7, 11) is 0. The van der Waals surface area contributed by atoms with Crippen LogP contribution in [-0.4, -0.2) is 74.3 Å². The third kappa shape index (κ3) is 6.87. The number of hydrogen-bond acceptors (Lipinski definition) is 6. The third-order valence-corrected chi connectivity index (χ3v) is 3.47. The summed E-state index contributed by atoms with van der Waals surface area (Å²) < 4.78 is 10.1. The van der Waals surface area contributed by atoms with Gasteiger partial charge in [-0.2, -0.15) is 5.26 Å². The predicted molar refractivity (Wildman–Crippen MR) is 88.0 cm³/mol. The highest BCUT2D eigenvalue weighted by atomic mass is 16.6. The Labute approximate surface area is 143 Å². The van der Waals surface area contributed by atoms with Gasteiger partial charge in [0.2, 0.25) is 0 Å². The van der Waals surface area contributed by atoms with Gasteiger partial charge in [-0.15, -0.1) is 0 Å². The molecule has 8 nitrogen and oxygen atoms in total. The van der Waals surface area contributed by atoms with E-state index in [2.05, 4.69) is 5.32 Å². The first kappa shape index (κ1) is 19.8. The van der Waals surface area contributed by atoms with E-state index in [0.717, 1.165) is 0 Å². The van der Waals surface area contributed by atoms with Crippen LogP contribution in [0.2, 0.25) is 0 Å². The molecule has 2 amide bonds. The number of piperazine rings is 1. The van der Waals surface area contributed by atoms with Crippen LogP contribution in [-0.2, 0) is 14.3 Å². The van der Waals surface area contributed by atoms with Crippen LogP contribution in [0.5, 0.6) is 0 Å². The first-order chi connectivity index (χ1) is 11.6. The maximum atomic E-state index is 12.0. The van der Waals surface area contributed by atoms with Crippen molar-refractivity contribution in [1.29, 1.82) is 5.26 Å². The topological polar surface area (TPSA) is 94.9 Å². The predicted octanol–water partition coefficient (Wildman–Crippen LogP) is 0.711. The van der Waals surface area contributed by atoms with Gasteiger partial charge in [-0.3, -0.25) is 4.79 Å². The van der Waals surface area contributed by atoms with Gasteiger partial charge in [0.1, 0.15) is 11.6 Å². The Morgan fingerprint density at radius 2 is 1.92 bits per heavy atom. The van der Waals surface area contributed by atoms with Gasteiger partial charge in [-0.25, -0.2) is 4.79 Å². The van der Waals surface area contributed by atoms with Gasteiger partial charge in [-0.05, 0) is 20.3 Å². The number of nitrogens with zero attached hydrogens (tertiary/aromatic N) is 3. The van der Waals surface area contributed by atoms with Crippen LogP contribution in [0.1, 0.15) is 20.3 Å². The minimum atomic E-state index is -0.387. The quantitative estimate of drug-likeness (QED) is 0.398. The van der Waals surface area contributed by atoms with Gasteiger partial charge in [0, 0.05) is 52.1 Å². The van der Waals surface area contributed by atoms with E-state index in [1.807, 2.05) is 17.9 Å². The Hall–Kier alpha value is -2.27. The molecule has 1 aliphatic rings. The highest BCUT2D eigenvalue weighted by Gasteiger charge is 2.21. The molecule has 24 heavy (non-hydrogen) atoms. The third-order valence-electron chi connectivity index (χ3n) is 3.47.